The molecule has 28 heavy (non-hydrogen) atoms. The quantitative estimate of drug-likeness (QED) is 0.340. The first-order valence-corrected chi connectivity index (χ1v) is 8.36. The van der Waals surface area contributed by atoms with Gasteiger partial charge in [-0.2, -0.15) is 0 Å². The molecule has 0 aliphatic carbocycles. The maximum atomic E-state index is 12.3. The second kappa shape index (κ2) is 7.57. The van der Waals surface area contributed by atoms with Crippen molar-refractivity contribution < 1.29 is 24.1 Å². The Morgan fingerprint density at radius 2 is 1.79 bits per heavy atom. The third-order valence-corrected chi connectivity index (χ3v) is 4.29. The smallest absolute Gasteiger partial charge is 0.270 e. The molecule has 0 aromatic heterocycles. The van der Waals surface area contributed by atoms with Gasteiger partial charge in [-0.25, -0.2) is 0 Å². The lowest BCUT2D eigenvalue weighted by molar-refractivity contribution is -0.384. The Morgan fingerprint density at radius 3 is 2.46 bits per heavy atom. The molecule has 0 atom stereocenters. The average molecular weight is 402 g/mol. The molecule has 0 bridgehead atoms. The van der Waals surface area contributed by atoms with Gasteiger partial charge in [0.1, 0.15) is 6.54 Å². The molecular formula is C18H12ClN3O6. The summed E-state index contributed by atoms with van der Waals surface area (Å²) in [5.41, 5.74) is -0.181. The Morgan fingerprint density at radius 1 is 1.07 bits per heavy atom. The lowest BCUT2D eigenvalue weighted by Gasteiger charge is -2.13. The minimum atomic E-state index is -0.806. The van der Waals surface area contributed by atoms with E-state index in [0.717, 1.165) is 12.1 Å². The molecule has 0 fully saturated rings. The van der Waals surface area contributed by atoms with E-state index in [1.807, 2.05) is 0 Å². The highest BCUT2D eigenvalue weighted by Gasteiger charge is 2.37. The Kier molecular flexibility index (Phi) is 5.18. The van der Waals surface area contributed by atoms with Crippen LogP contribution in [0.15, 0.2) is 42.5 Å². The number of hydrogen-bond donors (Lipinski definition) is 1. The van der Waals surface area contributed by atoms with E-state index >= 15 is 0 Å². The van der Waals surface area contributed by atoms with Crippen molar-refractivity contribution in [1.82, 2.24) is 10.2 Å². The van der Waals surface area contributed by atoms with Gasteiger partial charge in [0, 0.05) is 22.7 Å². The molecule has 0 saturated carbocycles. The van der Waals surface area contributed by atoms with Gasteiger partial charge in [-0.3, -0.25) is 34.2 Å². The Balaban J connectivity index is 1.64. The number of halogens is 1. The summed E-state index contributed by atoms with van der Waals surface area (Å²) in [6.07, 6.45) is 0. The first kappa shape index (κ1) is 19.2. The van der Waals surface area contributed by atoms with E-state index in [1.165, 1.54) is 18.2 Å². The van der Waals surface area contributed by atoms with Crippen molar-refractivity contribution >= 4 is 40.8 Å². The number of nitro groups is 1. The molecule has 3 amide bonds. The molecule has 3 rings (SSSR count). The van der Waals surface area contributed by atoms with Crippen LogP contribution in [0.5, 0.6) is 0 Å². The summed E-state index contributed by atoms with van der Waals surface area (Å²) in [5, 5.41) is 13.5. The van der Waals surface area contributed by atoms with Crippen LogP contribution in [-0.2, 0) is 4.79 Å². The Labute approximate surface area is 163 Å². The predicted molar refractivity (Wildman–Crippen MR) is 97.3 cm³/mol. The highest BCUT2D eigenvalue weighted by atomic mass is 35.5. The third-order valence-electron chi connectivity index (χ3n) is 4.06. The number of nitrogens with one attached hydrogen (secondary N) is 1. The fourth-order valence-corrected chi connectivity index (χ4v) is 2.87. The summed E-state index contributed by atoms with van der Waals surface area (Å²) in [7, 11) is 0. The van der Waals surface area contributed by atoms with Crippen molar-refractivity contribution in [1.29, 1.82) is 0 Å². The van der Waals surface area contributed by atoms with Crippen molar-refractivity contribution in [3.63, 3.8) is 0 Å². The van der Waals surface area contributed by atoms with Crippen LogP contribution in [0.2, 0.25) is 5.02 Å². The molecule has 1 N–H and O–H groups in total. The number of nitro benzene ring substituents is 1. The monoisotopic (exact) mass is 401 g/mol. The number of benzene rings is 2. The number of carbonyl (C=O) groups is 4. The number of ketones is 1. The lowest BCUT2D eigenvalue weighted by atomic mass is 10.1. The van der Waals surface area contributed by atoms with Gasteiger partial charge in [0.15, 0.2) is 5.78 Å². The molecule has 0 unspecified atom stereocenters. The zero-order valence-electron chi connectivity index (χ0n) is 14.2. The van der Waals surface area contributed by atoms with Crippen molar-refractivity contribution in [3.05, 3.63) is 74.3 Å². The summed E-state index contributed by atoms with van der Waals surface area (Å²) in [5.74, 6) is -2.65. The third kappa shape index (κ3) is 3.74. The van der Waals surface area contributed by atoms with Crippen molar-refractivity contribution in [2.45, 2.75) is 0 Å². The summed E-state index contributed by atoms with van der Waals surface area (Å²) >= 11 is 5.81. The van der Waals surface area contributed by atoms with Gasteiger partial charge in [-0.05, 0) is 18.2 Å². The molecule has 9 nitrogen and oxygen atoms in total. The van der Waals surface area contributed by atoms with Crippen LogP contribution in [0.4, 0.5) is 5.69 Å². The van der Waals surface area contributed by atoms with Gasteiger partial charge in [-0.15, -0.1) is 0 Å². The van der Waals surface area contributed by atoms with Crippen LogP contribution in [0.25, 0.3) is 0 Å². The molecule has 0 spiro atoms. The molecule has 2 aromatic carbocycles. The van der Waals surface area contributed by atoms with Crippen molar-refractivity contribution in [3.8, 4) is 0 Å². The lowest BCUT2D eigenvalue weighted by Crippen LogP contribution is -2.41. The predicted octanol–water partition coefficient (Wildman–Crippen LogP) is 1.84. The number of fused-ring (bicyclic) bond motifs is 1. The molecule has 1 aliphatic heterocycles. The van der Waals surface area contributed by atoms with Gasteiger partial charge < -0.3 is 5.32 Å². The van der Waals surface area contributed by atoms with E-state index in [0.29, 0.717) is 15.5 Å². The topological polar surface area (TPSA) is 127 Å². The maximum Gasteiger partial charge on any atom is 0.270 e. The zero-order valence-corrected chi connectivity index (χ0v) is 14.9. The van der Waals surface area contributed by atoms with Crippen LogP contribution < -0.4 is 5.32 Å². The number of imide groups is 1. The van der Waals surface area contributed by atoms with E-state index in [9.17, 15) is 29.3 Å². The minimum Gasteiger partial charge on any atom is -0.347 e. The molecule has 10 heteroatoms. The standard InChI is InChI=1S/C18H12ClN3O6/c19-11-3-1-2-10(6-11)15(23)8-20-16(24)9-21-17(25)13-5-4-12(22(27)28)7-14(13)18(21)26/h1-7H,8-9H2,(H,20,24). The fraction of sp³-hybridized carbons (Fsp3) is 0.111. The first-order chi connectivity index (χ1) is 13.3. The summed E-state index contributed by atoms with van der Waals surface area (Å²) < 4.78 is 0. The van der Waals surface area contributed by atoms with E-state index < -0.39 is 35.0 Å². The number of amides is 3. The van der Waals surface area contributed by atoms with Gasteiger partial charge in [-0.1, -0.05) is 23.7 Å². The average Bonchev–Trinajstić information content (AvgIpc) is 2.90. The molecule has 142 valence electrons. The fourth-order valence-electron chi connectivity index (χ4n) is 2.68. The number of nitrogens with zero attached hydrogens (tertiary/aromatic N) is 2. The van der Waals surface area contributed by atoms with Gasteiger partial charge in [0.2, 0.25) is 5.91 Å². The van der Waals surface area contributed by atoms with Crippen LogP contribution in [-0.4, -0.2) is 46.4 Å². The largest absolute Gasteiger partial charge is 0.347 e. The number of hydrogen-bond acceptors (Lipinski definition) is 6. The molecular weight excluding hydrogens is 390 g/mol. The number of carbonyl (C=O) groups excluding carboxylic acids is 4. The summed E-state index contributed by atoms with van der Waals surface area (Å²) in [6, 6.07) is 9.46. The second-order valence-electron chi connectivity index (χ2n) is 5.89. The van der Waals surface area contributed by atoms with Crippen molar-refractivity contribution in [2.75, 3.05) is 13.1 Å². The van der Waals surface area contributed by atoms with Gasteiger partial charge in [0.25, 0.3) is 17.5 Å². The number of non-ortho nitro benzene ring substituents is 1. The SMILES string of the molecule is O=C(CN1C(=O)c2ccc([N+](=O)[O-])cc2C1=O)NCC(=O)c1cccc(Cl)c1. The molecule has 0 radical (unpaired) electrons. The Bertz CT molecular complexity index is 1040. The van der Waals surface area contributed by atoms with E-state index in [4.69, 9.17) is 11.6 Å². The van der Waals surface area contributed by atoms with E-state index in [1.54, 1.807) is 12.1 Å². The number of Topliss-reactive ketones (excluding diaryl/α,β-unsaturated/α-hetero) is 1. The van der Waals surface area contributed by atoms with Crippen LogP contribution in [0.1, 0.15) is 31.1 Å². The van der Waals surface area contributed by atoms with E-state index in [2.05, 4.69) is 5.32 Å². The highest BCUT2D eigenvalue weighted by Crippen LogP contribution is 2.26. The molecule has 2 aromatic rings. The van der Waals surface area contributed by atoms with Crippen molar-refractivity contribution in [2.24, 2.45) is 0 Å². The van der Waals surface area contributed by atoms with Crippen LogP contribution in [0, 0.1) is 10.1 Å². The van der Waals surface area contributed by atoms with Crippen LogP contribution in [0.3, 0.4) is 0 Å². The second-order valence-corrected chi connectivity index (χ2v) is 6.33. The highest BCUT2D eigenvalue weighted by molar-refractivity contribution is 6.31. The van der Waals surface area contributed by atoms with Gasteiger partial charge >= 0.3 is 0 Å². The minimum absolute atomic E-state index is 0.0154. The number of rotatable bonds is 6. The molecule has 1 heterocycles. The molecule has 1 aliphatic rings. The Hall–Kier alpha value is -3.59. The van der Waals surface area contributed by atoms with Crippen LogP contribution >= 0.6 is 11.6 Å². The van der Waals surface area contributed by atoms with Gasteiger partial charge in [0.05, 0.1) is 22.6 Å². The maximum absolute atomic E-state index is 12.3. The first-order valence-electron chi connectivity index (χ1n) is 7.98. The summed E-state index contributed by atoms with van der Waals surface area (Å²) in [4.78, 5) is 59.6. The zero-order chi connectivity index (χ0) is 20.4. The molecule has 0 saturated heterocycles. The van der Waals surface area contributed by atoms with E-state index in [-0.39, 0.29) is 23.4 Å². The normalized spacial score (nSPS) is 12.7. The summed E-state index contributed by atoms with van der Waals surface area (Å²) in [6.45, 7) is -0.948.